The summed E-state index contributed by atoms with van der Waals surface area (Å²) in [6, 6.07) is 5.49. The molecule has 0 radical (unpaired) electrons. The Kier molecular flexibility index (Phi) is 3.79. The molecule has 1 amide bonds. The lowest BCUT2D eigenvalue weighted by Gasteiger charge is -2.23. The highest BCUT2D eigenvalue weighted by Crippen LogP contribution is 2.14. The van der Waals surface area contributed by atoms with Crippen LogP contribution in [-0.4, -0.2) is 29.7 Å². The van der Waals surface area contributed by atoms with E-state index in [0.717, 1.165) is 25.0 Å². The Morgan fingerprint density at radius 1 is 1.48 bits per heavy atom. The van der Waals surface area contributed by atoms with Crippen molar-refractivity contribution < 1.29 is 13.9 Å². The summed E-state index contributed by atoms with van der Waals surface area (Å²) in [6.45, 7) is 3.18. The van der Waals surface area contributed by atoms with Crippen molar-refractivity contribution in [2.24, 2.45) is 0 Å². The van der Waals surface area contributed by atoms with Crippen LogP contribution in [0.4, 0.5) is 0 Å². The van der Waals surface area contributed by atoms with Crippen LogP contribution in [0.5, 0.6) is 0 Å². The monoisotopic (exact) mass is 290 g/mol. The van der Waals surface area contributed by atoms with Gasteiger partial charge in [0.05, 0.1) is 18.2 Å². The van der Waals surface area contributed by atoms with Crippen molar-refractivity contribution in [3.63, 3.8) is 0 Å². The number of benzene rings is 1. The van der Waals surface area contributed by atoms with Crippen molar-refractivity contribution in [2.75, 3.05) is 13.2 Å². The molecule has 0 aliphatic carbocycles. The molecule has 3 rings (SSSR count). The molecule has 0 spiro atoms. The Labute approximate surface area is 121 Å². The Bertz CT molecular complexity index is 710. The van der Waals surface area contributed by atoms with Gasteiger partial charge in [0.15, 0.2) is 5.58 Å². The van der Waals surface area contributed by atoms with Crippen LogP contribution in [0.3, 0.4) is 0 Å². The summed E-state index contributed by atoms with van der Waals surface area (Å²) >= 11 is 0. The predicted molar refractivity (Wildman–Crippen MR) is 77.2 cm³/mol. The summed E-state index contributed by atoms with van der Waals surface area (Å²) < 4.78 is 11.8. The molecule has 0 bridgehead atoms. The number of hydrogen-bond acceptors (Lipinski definition) is 4. The number of carbonyl (C=O) groups is 1. The maximum Gasteiger partial charge on any atom is 0.420 e. The molecule has 1 fully saturated rings. The van der Waals surface area contributed by atoms with Gasteiger partial charge in [-0.1, -0.05) is 6.07 Å². The molecule has 1 aliphatic heterocycles. The fraction of sp³-hybridized carbons (Fsp3) is 0.467. The molecule has 1 aliphatic rings. The van der Waals surface area contributed by atoms with Gasteiger partial charge in [0.25, 0.3) is 0 Å². The average molecular weight is 290 g/mol. The van der Waals surface area contributed by atoms with Gasteiger partial charge in [0, 0.05) is 6.61 Å². The number of hydrogen-bond donors (Lipinski definition) is 1. The van der Waals surface area contributed by atoms with Gasteiger partial charge in [-0.25, -0.2) is 4.79 Å². The molecule has 0 unspecified atom stereocenters. The fourth-order valence-corrected chi connectivity index (χ4v) is 2.59. The van der Waals surface area contributed by atoms with Gasteiger partial charge in [-0.15, -0.1) is 0 Å². The summed E-state index contributed by atoms with van der Waals surface area (Å²) in [5, 5.41) is 2.90. The molecule has 21 heavy (non-hydrogen) atoms. The minimum atomic E-state index is -0.509. The molecule has 2 aromatic rings. The number of ether oxygens (including phenoxy) is 1. The van der Waals surface area contributed by atoms with Crippen molar-refractivity contribution in [2.45, 2.75) is 32.4 Å². The van der Waals surface area contributed by atoms with Crippen LogP contribution in [0.2, 0.25) is 0 Å². The molecule has 6 nitrogen and oxygen atoms in total. The molecule has 1 atom stereocenters. The van der Waals surface area contributed by atoms with Crippen LogP contribution in [0.25, 0.3) is 11.1 Å². The summed E-state index contributed by atoms with van der Waals surface area (Å²) in [7, 11) is 0. The third-order valence-electron chi connectivity index (χ3n) is 3.65. The third kappa shape index (κ3) is 3.00. The van der Waals surface area contributed by atoms with E-state index >= 15 is 0 Å². The molecule has 1 saturated heterocycles. The van der Waals surface area contributed by atoms with E-state index in [1.54, 1.807) is 6.07 Å². The highest BCUT2D eigenvalue weighted by molar-refractivity contribution is 5.80. The minimum Gasteiger partial charge on any atom is -0.408 e. The second kappa shape index (κ2) is 5.73. The van der Waals surface area contributed by atoms with Crippen LogP contribution in [0, 0.1) is 6.92 Å². The fourth-order valence-electron chi connectivity index (χ4n) is 2.59. The summed E-state index contributed by atoms with van der Waals surface area (Å²) in [5.41, 5.74) is 2.16. The van der Waals surface area contributed by atoms with E-state index in [9.17, 15) is 9.59 Å². The maximum atomic E-state index is 12.1. The zero-order valence-corrected chi connectivity index (χ0v) is 11.9. The number of nitrogens with one attached hydrogen (secondary N) is 1. The van der Waals surface area contributed by atoms with E-state index in [4.69, 9.17) is 9.15 Å². The van der Waals surface area contributed by atoms with Crippen molar-refractivity contribution in [3.8, 4) is 0 Å². The maximum absolute atomic E-state index is 12.1. The second-order valence-corrected chi connectivity index (χ2v) is 5.41. The Morgan fingerprint density at radius 3 is 3.10 bits per heavy atom. The number of fused-ring (bicyclic) bond motifs is 1. The summed E-state index contributed by atoms with van der Waals surface area (Å²) in [6.07, 6.45) is 1.85. The van der Waals surface area contributed by atoms with Crippen LogP contribution in [-0.2, 0) is 16.1 Å². The van der Waals surface area contributed by atoms with Crippen LogP contribution < -0.4 is 11.1 Å². The van der Waals surface area contributed by atoms with E-state index in [-0.39, 0.29) is 18.5 Å². The number of oxazole rings is 1. The lowest BCUT2D eigenvalue weighted by Crippen LogP contribution is -2.42. The Balaban J connectivity index is 1.77. The Morgan fingerprint density at radius 2 is 2.33 bits per heavy atom. The Hall–Kier alpha value is -2.08. The van der Waals surface area contributed by atoms with Gasteiger partial charge in [-0.3, -0.25) is 9.36 Å². The predicted octanol–water partition coefficient (Wildman–Crippen LogP) is 1.20. The molecular weight excluding hydrogens is 272 g/mol. The second-order valence-electron chi connectivity index (χ2n) is 5.41. The highest BCUT2D eigenvalue weighted by atomic mass is 16.5. The summed E-state index contributed by atoms with van der Waals surface area (Å²) in [4.78, 5) is 24.0. The van der Waals surface area contributed by atoms with Crippen molar-refractivity contribution in [1.82, 2.24) is 9.88 Å². The minimum absolute atomic E-state index is 0.0295. The van der Waals surface area contributed by atoms with Crippen molar-refractivity contribution in [3.05, 3.63) is 34.3 Å². The van der Waals surface area contributed by atoms with Gasteiger partial charge in [-0.05, 0) is 37.5 Å². The standard InChI is InChI=1S/C15H18N2O4/c1-10-4-5-13-12(7-10)17(15(19)21-13)8-14(18)16-11-3-2-6-20-9-11/h4-5,7,11H,2-3,6,8-9H2,1H3,(H,16,18)/t11-/m0/s1. The molecule has 0 saturated carbocycles. The smallest absolute Gasteiger partial charge is 0.408 e. The first-order valence-corrected chi connectivity index (χ1v) is 7.10. The van der Waals surface area contributed by atoms with Crippen LogP contribution in [0.1, 0.15) is 18.4 Å². The first-order chi connectivity index (χ1) is 10.1. The van der Waals surface area contributed by atoms with E-state index in [1.165, 1.54) is 4.57 Å². The average Bonchev–Trinajstić information content (AvgIpc) is 2.76. The lowest BCUT2D eigenvalue weighted by atomic mass is 10.1. The van der Waals surface area contributed by atoms with Gasteiger partial charge in [0.1, 0.15) is 6.54 Å². The molecule has 2 heterocycles. The lowest BCUT2D eigenvalue weighted by molar-refractivity contribution is -0.123. The topological polar surface area (TPSA) is 73.5 Å². The molecule has 1 aromatic carbocycles. The van der Waals surface area contributed by atoms with Gasteiger partial charge in [0.2, 0.25) is 5.91 Å². The molecule has 1 N–H and O–H groups in total. The largest absolute Gasteiger partial charge is 0.420 e. The SMILES string of the molecule is Cc1ccc2oc(=O)n(CC(=O)N[C@H]3CCCOC3)c2c1. The number of aryl methyl sites for hydroxylation is 1. The first-order valence-electron chi connectivity index (χ1n) is 7.10. The molecule has 6 heteroatoms. The third-order valence-corrected chi connectivity index (χ3v) is 3.65. The van der Waals surface area contributed by atoms with Crippen LogP contribution >= 0.6 is 0 Å². The zero-order chi connectivity index (χ0) is 14.8. The van der Waals surface area contributed by atoms with Crippen LogP contribution in [0.15, 0.2) is 27.4 Å². The normalized spacial score (nSPS) is 18.8. The van der Waals surface area contributed by atoms with Crippen molar-refractivity contribution in [1.29, 1.82) is 0 Å². The molecule has 1 aromatic heterocycles. The quantitative estimate of drug-likeness (QED) is 0.921. The van der Waals surface area contributed by atoms with E-state index in [1.807, 2.05) is 19.1 Å². The van der Waals surface area contributed by atoms with E-state index < -0.39 is 5.76 Å². The van der Waals surface area contributed by atoms with Crippen molar-refractivity contribution >= 4 is 17.0 Å². The zero-order valence-electron chi connectivity index (χ0n) is 11.9. The number of aromatic nitrogens is 1. The number of nitrogens with zero attached hydrogens (tertiary/aromatic N) is 1. The van der Waals surface area contributed by atoms with Gasteiger partial charge in [-0.2, -0.15) is 0 Å². The number of amides is 1. The summed E-state index contributed by atoms with van der Waals surface area (Å²) in [5.74, 6) is -0.706. The molecular formula is C15H18N2O4. The van der Waals surface area contributed by atoms with Gasteiger partial charge < -0.3 is 14.5 Å². The first kappa shape index (κ1) is 13.9. The van der Waals surface area contributed by atoms with E-state index in [2.05, 4.69) is 5.32 Å². The van der Waals surface area contributed by atoms with Gasteiger partial charge >= 0.3 is 5.76 Å². The molecule has 112 valence electrons. The highest BCUT2D eigenvalue weighted by Gasteiger charge is 2.18. The number of carbonyl (C=O) groups excluding carboxylic acids is 1. The number of rotatable bonds is 3. The van der Waals surface area contributed by atoms with E-state index in [0.29, 0.717) is 17.7 Å².